The first kappa shape index (κ1) is 14.2. The van der Waals surface area contributed by atoms with E-state index in [2.05, 4.69) is 5.32 Å². The van der Waals surface area contributed by atoms with Crippen LogP contribution < -0.4 is 10.1 Å². The lowest BCUT2D eigenvalue weighted by molar-refractivity contribution is -0.117. The van der Waals surface area contributed by atoms with Gasteiger partial charge in [-0.3, -0.25) is 9.59 Å². The van der Waals surface area contributed by atoms with Crippen molar-refractivity contribution >= 4 is 11.7 Å². The van der Waals surface area contributed by atoms with Crippen molar-refractivity contribution in [2.75, 3.05) is 13.2 Å². The van der Waals surface area contributed by atoms with Crippen LogP contribution in [0.3, 0.4) is 0 Å². The molecule has 0 aliphatic rings. The van der Waals surface area contributed by atoms with Crippen molar-refractivity contribution < 1.29 is 14.3 Å². The molecule has 0 aliphatic heterocycles. The summed E-state index contributed by atoms with van der Waals surface area (Å²) >= 11 is 0. The lowest BCUT2D eigenvalue weighted by atomic mass is 10.1. The third-order valence-electron chi connectivity index (χ3n) is 2.30. The third-order valence-corrected chi connectivity index (χ3v) is 2.30. The van der Waals surface area contributed by atoms with Crippen LogP contribution >= 0.6 is 0 Å². The second-order valence-electron chi connectivity index (χ2n) is 4.39. The highest BCUT2D eigenvalue weighted by atomic mass is 16.5. The maximum absolute atomic E-state index is 11.8. The predicted octanol–water partition coefficient (Wildman–Crippen LogP) is 2.04. The van der Waals surface area contributed by atoms with E-state index in [1.54, 1.807) is 24.3 Å². The van der Waals surface area contributed by atoms with Gasteiger partial charge < -0.3 is 10.1 Å². The van der Waals surface area contributed by atoms with E-state index in [9.17, 15) is 9.59 Å². The highest BCUT2D eigenvalue weighted by Crippen LogP contribution is 2.12. The predicted molar refractivity (Wildman–Crippen MR) is 69.8 cm³/mol. The van der Waals surface area contributed by atoms with E-state index >= 15 is 0 Å². The van der Waals surface area contributed by atoms with Gasteiger partial charge in [-0.25, -0.2) is 0 Å². The molecule has 0 saturated heterocycles. The zero-order valence-corrected chi connectivity index (χ0v) is 11.0. The SMILES string of the molecule is CCOc1ccc(C(=O)C(=O)NCC(C)C)cc1. The average molecular weight is 249 g/mol. The Morgan fingerprint density at radius 1 is 1.22 bits per heavy atom. The molecule has 1 aromatic carbocycles. The van der Waals surface area contributed by atoms with E-state index in [4.69, 9.17) is 4.74 Å². The number of benzene rings is 1. The minimum atomic E-state index is -0.562. The number of ether oxygens (including phenoxy) is 1. The van der Waals surface area contributed by atoms with Gasteiger partial charge in [-0.05, 0) is 37.1 Å². The molecule has 4 heteroatoms. The van der Waals surface area contributed by atoms with E-state index in [1.165, 1.54) is 0 Å². The van der Waals surface area contributed by atoms with Crippen LogP contribution in [0, 0.1) is 5.92 Å². The van der Waals surface area contributed by atoms with Crippen LogP contribution in [0.1, 0.15) is 31.1 Å². The Balaban J connectivity index is 2.63. The molecule has 1 rings (SSSR count). The molecular weight excluding hydrogens is 230 g/mol. The van der Waals surface area contributed by atoms with Crippen LogP contribution in [-0.4, -0.2) is 24.8 Å². The number of ketones is 1. The summed E-state index contributed by atoms with van der Waals surface area (Å²) < 4.78 is 5.27. The molecule has 0 aliphatic carbocycles. The first-order chi connectivity index (χ1) is 8.54. The quantitative estimate of drug-likeness (QED) is 0.620. The molecule has 0 radical (unpaired) electrons. The number of hydrogen-bond acceptors (Lipinski definition) is 3. The smallest absolute Gasteiger partial charge is 0.292 e. The van der Waals surface area contributed by atoms with Crippen LogP contribution in [0.4, 0.5) is 0 Å². The number of Topliss-reactive ketones (excluding diaryl/α,β-unsaturated/α-hetero) is 1. The van der Waals surface area contributed by atoms with Gasteiger partial charge in [0.1, 0.15) is 5.75 Å². The van der Waals surface area contributed by atoms with E-state index < -0.39 is 11.7 Å². The largest absolute Gasteiger partial charge is 0.494 e. The van der Waals surface area contributed by atoms with E-state index in [0.717, 1.165) is 0 Å². The van der Waals surface area contributed by atoms with E-state index in [1.807, 2.05) is 20.8 Å². The fraction of sp³-hybridized carbons (Fsp3) is 0.429. The maximum atomic E-state index is 11.8. The van der Waals surface area contributed by atoms with Crippen LogP contribution in [0.25, 0.3) is 0 Å². The zero-order chi connectivity index (χ0) is 13.5. The highest BCUT2D eigenvalue weighted by molar-refractivity contribution is 6.42. The summed E-state index contributed by atoms with van der Waals surface area (Å²) in [5, 5.41) is 2.60. The van der Waals surface area contributed by atoms with Crippen molar-refractivity contribution in [2.45, 2.75) is 20.8 Å². The van der Waals surface area contributed by atoms with Gasteiger partial charge in [-0.1, -0.05) is 13.8 Å². The number of amides is 1. The van der Waals surface area contributed by atoms with Crippen LogP contribution in [0.5, 0.6) is 5.75 Å². The molecule has 1 aromatic rings. The lowest BCUT2D eigenvalue weighted by Crippen LogP contribution is -2.33. The molecule has 0 bridgehead atoms. The molecule has 4 nitrogen and oxygen atoms in total. The normalized spacial score (nSPS) is 10.2. The molecule has 1 N–H and O–H groups in total. The second kappa shape index (κ2) is 6.79. The Labute approximate surface area is 107 Å². The van der Waals surface area contributed by atoms with Gasteiger partial charge >= 0.3 is 0 Å². The topological polar surface area (TPSA) is 55.4 Å². The standard InChI is InChI=1S/C14H19NO3/c1-4-18-12-7-5-11(6-8-12)13(16)14(17)15-9-10(2)3/h5-8,10H,4,9H2,1-3H3,(H,15,17). The maximum Gasteiger partial charge on any atom is 0.292 e. The number of carbonyl (C=O) groups excluding carboxylic acids is 2. The highest BCUT2D eigenvalue weighted by Gasteiger charge is 2.15. The molecule has 0 unspecified atom stereocenters. The first-order valence-corrected chi connectivity index (χ1v) is 6.10. The van der Waals surface area contributed by atoms with Gasteiger partial charge in [0, 0.05) is 12.1 Å². The summed E-state index contributed by atoms with van der Waals surface area (Å²) in [4.78, 5) is 23.3. The van der Waals surface area contributed by atoms with Crippen molar-refractivity contribution in [3.05, 3.63) is 29.8 Å². The number of nitrogens with one attached hydrogen (secondary N) is 1. The number of hydrogen-bond donors (Lipinski definition) is 1. The van der Waals surface area contributed by atoms with Crippen LogP contribution in [0.2, 0.25) is 0 Å². The lowest BCUT2D eigenvalue weighted by Gasteiger charge is -2.07. The van der Waals surface area contributed by atoms with Crippen molar-refractivity contribution in [3.63, 3.8) is 0 Å². The van der Waals surface area contributed by atoms with Crippen LogP contribution in [0.15, 0.2) is 24.3 Å². The van der Waals surface area contributed by atoms with Gasteiger partial charge in [0.05, 0.1) is 6.61 Å². The second-order valence-corrected chi connectivity index (χ2v) is 4.39. The minimum absolute atomic E-state index is 0.321. The molecule has 0 heterocycles. The van der Waals surface area contributed by atoms with Crippen molar-refractivity contribution in [2.24, 2.45) is 5.92 Å². The Bertz CT molecular complexity index is 410. The molecule has 0 saturated carbocycles. The molecule has 98 valence electrons. The number of rotatable bonds is 6. The average Bonchev–Trinajstić information content (AvgIpc) is 2.36. The van der Waals surface area contributed by atoms with Gasteiger partial charge in [0.25, 0.3) is 5.91 Å². The zero-order valence-electron chi connectivity index (χ0n) is 11.0. The molecule has 0 fully saturated rings. The first-order valence-electron chi connectivity index (χ1n) is 6.10. The Morgan fingerprint density at radius 2 is 1.83 bits per heavy atom. The van der Waals surface area contributed by atoms with Gasteiger partial charge in [0.15, 0.2) is 0 Å². The Morgan fingerprint density at radius 3 is 2.33 bits per heavy atom. The molecule has 0 aromatic heterocycles. The van der Waals surface area contributed by atoms with Crippen molar-refractivity contribution in [1.29, 1.82) is 0 Å². The summed E-state index contributed by atoms with van der Waals surface area (Å²) in [7, 11) is 0. The summed E-state index contributed by atoms with van der Waals surface area (Å²) in [5.41, 5.74) is 0.375. The molecule has 0 atom stereocenters. The van der Waals surface area contributed by atoms with Gasteiger partial charge in [0.2, 0.25) is 5.78 Å². The summed E-state index contributed by atoms with van der Waals surface area (Å²) in [6, 6.07) is 6.57. The molecular formula is C14H19NO3. The van der Waals surface area contributed by atoms with E-state index in [0.29, 0.717) is 30.4 Å². The monoisotopic (exact) mass is 249 g/mol. The Kier molecular flexibility index (Phi) is 5.36. The van der Waals surface area contributed by atoms with Gasteiger partial charge in [-0.15, -0.1) is 0 Å². The summed E-state index contributed by atoms with van der Waals surface area (Å²) in [5.74, 6) is -0.0646. The molecule has 0 spiro atoms. The fourth-order valence-corrected chi connectivity index (χ4v) is 1.38. The van der Waals surface area contributed by atoms with Crippen molar-refractivity contribution in [1.82, 2.24) is 5.32 Å². The molecule has 1 amide bonds. The van der Waals surface area contributed by atoms with Gasteiger partial charge in [-0.2, -0.15) is 0 Å². The molecule has 18 heavy (non-hydrogen) atoms. The van der Waals surface area contributed by atoms with Crippen LogP contribution in [-0.2, 0) is 4.79 Å². The third kappa shape index (κ3) is 4.20. The Hall–Kier alpha value is -1.84. The summed E-state index contributed by atoms with van der Waals surface area (Å²) in [6.07, 6.45) is 0. The fourth-order valence-electron chi connectivity index (χ4n) is 1.38. The van der Waals surface area contributed by atoms with E-state index in [-0.39, 0.29) is 0 Å². The van der Waals surface area contributed by atoms with Crippen molar-refractivity contribution in [3.8, 4) is 5.75 Å². The summed E-state index contributed by atoms with van der Waals surface area (Å²) in [6.45, 7) is 6.91. The number of carbonyl (C=O) groups is 2. The minimum Gasteiger partial charge on any atom is -0.494 e.